The predicted octanol–water partition coefficient (Wildman–Crippen LogP) is 13.0. The second-order valence-corrected chi connectivity index (χ2v) is 13.7. The Hall–Kier alpha value is -7.24. The van der Waals surface area contributed by atoms with Crippen LogP contribution in [-0.4, -0.2) is 14.5 Å². The van der Waals surface area contributed by atoms with E-state index in [0.29, 0.717) is 5.95 Å². The minimum absolute atomic E-state index is 0.614. The third kappa shape index (κ3) is 4.07. The summed E-state index contributed by atoms with van der Waals surface area (Å²) in [7, 11) is 0. The van der Waals surface area contributed by atoms with E-state index in [4.69, 9.17) is 18.8 Å². The maximum atomic E-state index is 6.60. The normalized spacial score (nSPS) is 12.2. The van der Waals surface area contributed by atoms with Gasteiger partial charge in [0.25, 0.3) is 0 Å². The van der Waals surface area contributed by atoms with Crippen LogP contribution in [0.5, 0.6) is 0 Å². The Kier molecular flexibility index (Phi) is 5.71. The maximum Gasteiger partial charge on any atom is 0.235 e. The number of fused-ring (bicyclic) bond motifs is 12. The van der Waals surface area contributed by atoms with Crippen molar-refractivity contribution in [2.75, 3.05) is 0 Å². The highest BCUT2D eigenvalue weighted by Crippen LogP contribution is 2.43. The van der Waals surface area contributed by atoms with Crippen LogP contribution in [0, 0.1) is 0 Å². The zero-order chi connectivity index (χ0) is 34.6. The average Bonchev–Trinajstić information content (AvgIpc) is 3.89. The van der Waals surface area contributed by atoms with Crippen LogP contribution in [0.15, 0.2) is 173 Å². The third-order valence-corrected chi connectivity index (χ3v) is 10.8. The van der Waals surface area contributed by atoms with Gasteiger partial charge in [0, 0.05) is 43.4 Å². The summed E-state index contributed by atoms with van der Waals surface area (Å²) in [4.78, 5) is 10.7. The van der Waals surface area contributed by atoms with Crippen molar-refractivity contribution in [3.8, 4) is 28.3 Å². The summed E-state index contributed by atoms with van der Waals surface area (Å²) in [6.07, 6.45) is 0. The minimum atomic E-state index is 0.614. The van der Waals surface area contributed by atoms with Crippen LogP contribution in [0.25, 0.3) is 116 Å². The molecule has 0 N–H and O–H groups in total. The maximum absolute atomic E-state index is 6.60. The number of furan rings is 2. The van der Waals surface area contributed by atoms with Crippen LogP contribution in [0.1, 0.15) is 0 Å². The molecule has 12 rings (SSSR count). The molecule has 0 aliphatic rings. The number of benzene rings is 8. The second kappa shape index (κ2) is 10.6. The van der Waals surface area contributed by atoms with Gasteiger partial charge >= 0.3 is 0 Å². The lowest BCUT2D eigenvalue weighted by Crippen LogP contribution is -2.03. The first-order chi connectivity index (χ1) is 26.3. The summed E-state index contributed by atoms with van der Waals surface area (Å²) in [6, 6.07) is 57.1. The molecule has 5 nitrogen and oxygen atoms in total. The lowest BCUT2D eigenvalue weighted by atomic mass is 10.00. The number of hydrogen-bond acceptors (Lipinski definition) is 4. The van der Waals surface area contributed by atoms with E-state index in [9.17, 15) is 0 Å². The Bertz CT molecular complexity index is 3480. The molecular formula is C48H27N3O2. The van der Waals surface area contributed by atoms with Gasteiger partial charge in [-0.2, -0.15) is 0 Å². The molecule has 246 valence electrons. The average molecular weight is 678 g/mol. The summed E-state index contributed by atoms with van der Waals surface area (Å²) >= 11 is 0. The fourth-order valence-electron chi connectivity index (χ4n) is 8.39. The largest absolute Gasteiger partial charge is 0.456 e. The molecule has 0 saturated carbocycles. The van der Waals surface area contributed by atoms with Crippen molar-refractivity contribution in [1.29, 1.82) is 0 Å². The molecule has 12 aromatic rings. The molecule has 8 aromatic carbocycles. The van der Waals surface area contributed by atoms with Crippen LogP contribution in [0.4, 0.5) is 0 Å². The molecule has 0 fully saturated rings. The molecule has 0 saturated heterocycles. The standard InChI is InChI=1S/C48H27N3O2/c1-2-11-29-26-31(21-20-28(29)10-1)45-37-14-3-6-17-39(37)49-48(50-45)51-40-18-7-4-12-33(40)35-23-25-43-44(46(35)51)38-27-30(22-24-42(38)52-43)32-15-9-16-36-34-13-5-8-19-41(34)53-47(32)36/h1-27H. The van der Waals surface area contributed by atoms with Crippen molar-refractivity contribution in [2.45, 2.75) is 0 Å². The monoisotopic (exact) mass is 677 g/mol. The molecule has 0 bridgehead atoms. The highest BCUT2D eigenvalue weighted by molar-refractivity contribution is 6.25. The highest BCUT2D eigenvalue weighted by Gasteiger charge is 2.22. The molecule has 0 aliphatic carbocycles. The Morgan fingerprint density at radius 1 is 0.434 bits per heavy atom. The molecule has 0 radical (unpaired) electrons. The molecule has 0 amide bonds. The molecule has 0 atom stereocenters. The number of nitrogens with zero attached hydrogens (tertiary/aromatic N) is 3. The Balaban J connectivity index is 1.17. The van der Waals surface area contributed by atoms with Crippen molar-refractivity contribution in [3.05, 3.63) is 164 Å². The summed E-state index contributed by atoms with van der Waals surface area (Å²) in [6.45, 7) is 0. The van der Waals surface area contributed by atoms with Gasteiger partial charge in [-0.1, -0.05) is 115 Å². The Morgan fingerprint density at radius 2 is 1.17 bits per heavy atom. The van der Waals surface area contributed by atoms with Crippen molar-refractivity contribution in [2.24, 2.45) is 0 Å². The van der Waals surface area contributed by atoms with Gasteiger partial charge in [0.2, 0.25) is 5.95 Å². The molecular weight excluding hydrogens is 651 g/mol. The third-order valence-electron chi connectivity index (χ3n) is 10.8. The lowest BCUT2D eigenvalue weighted by Gasteiger charge is -2.12. The minimum Gasteiger partial charge on any atom is -0.456 e. The summed E-state index contributed by atoms with van der Waals surface area (Å²) in [5, 5.41) is 9.89. The first-order valence-electron chi connectivity index (χ1n) is 17.8. The molecule has 4 aromatic heterocycles. The summed E-state index contributed by atoms with van der Waals surface area (Å²) < 4.78 is 15.3. The van der Waals surface area contributed by atoms with Crippen LogP contribution >= 0.6 is 0 Å². The van der Waals surface area contributed by atoms with E-state index in [-0.39, 0.29) is 0 Å². The number of aromatic nitrogens is 3. The van der Waals surface area contributed by atoms with E-state index in [1.807, 2.05) is 18.2 Å². The van der Waals surface area contributed by atoms with Crippen molar-refractivity contribution >= 4 is 87.4 Å². The lowest BCUT2D eigenvalue weighted by molar-refractivity contribution is 0.668. The van der Waals surface area contributed by atoms with Crippen LogP contribution < -0.4 is 0 Å². The Labute approximate surface area is 302 Å². The van der Waals surface area contributed by atoms with Gasteiger partial charge in [-0.3, -0.25) is 4.57 Å². The van der Waals surface area contributed by atoms with E-state index >= 15 is 0 Å². The van der Waals surface area contributed by atoms with Gasteiger partial charge < -0.3 is 8.83 Å². The zero-order valence-electron chi connectivity index (χ0n) is 28.2. The first kappa shape index (κ1) is 28.5. The Morgan fingerprint density at radius 3 is 2.11 bits per heavy atom. The second-order valence-electron chi connectivity index (χ2n) is 13.7. The van der Waals surface area contributed by atoms with Gasteiger partial charge in [0.05, 0.1) is 27.6 Å². The van der Waals surface area contributed by atoms with E-state index in [1.54, 1.807) is 0 Å². The van der Waals surface area contributed by atoms with E-state index < -0.39 is 0 Å². The topological polar surface area (TPSA) is 57.0 Å². The van der Waals surface area contributed by atoms with Crippen LogP contribution in [0.2, 0.25) is 0 Å². The van der Waals surface area contributed by atoms with Crippen LogP contribution in [0.3, 0.4) is 0 Å². The number of hydrogen-bond donors (Lipinski definition) is 0. The number of para-hydroxylation sites is 4. The molecule has 53 heavy (non-hydrogen) atoms. The highest BCUT2D eigenvalue weighted by atomic mass is 16.3. The summed E-state index contributed by atoms with van der Waals surface area (Å²) in [5.74, 6) is 0.614. The fraction of sp³-hybridized carbons (Fsp3) is 0. The zero-order valence-corrected chi connectivity index (χ0v) is 28.2. The van der Waals surface area contributed by atoms with E-state index in [1.165, 1.54) is 10.8 Å². The number of rotatable bonds is 3. The molecule has 0 unspecified atom stereocenters. The van der Waals surface area contributed by atoms with Crippen LogP contribution in [-0.2, 0) is 0 Å². The van der Waals surface area contributed by atoms with Gasteiger partial charge in [-0.15, -0.1) is 0 Å². The molecule has 0 aliphatic heterocycles. The quantitative estimate of drug-likeness (QED) is 0.187. The molecule has 5 heteroatoms. The van der Waals surface area contributed by atoms with Crippen molar-refractivity contribution in [3.63, 3.8) is 0 Å². The SMILES string of the molecule is c1ccc2cc(-c3nc(-n4c5ccccc5c5ccc6oc7ccc(-c8cccc9c8oc8ccccc89)cc7c6c54)nc4ccccc34)ccc2c1. The predicted molar refractivity (Wildman–Crippen MR) is 217 cm³/mol. The van der Waals surface area contributed by atoms with E-state index in [2.05, 4.69) is 150 Å². The smallest absolute Gasteiger partial charge is 0.235 e. The molecule has 0 spiro atoms. The summed E-state index contributed by atoms with van der Waals surface area (Å²) in [5.41, 5.74) is 10.4. The van der Waals surface area contributed by atoms with Gasteiger partial charge in [-0.05, 0) is 64.9 Å². The van der Waals surface area contributed by atoms with Crippen molar-refractivity contribution < 1.29 is 8.83 Å². The van der Waals surface area contributed by atoms with Gasteiger partial charge in [-0.25, -0.2) is 9.97 Å². The van der Waals surface area contributed by atoms with E-state index in [0.717, 1.165) is 99.0 Å². The van der Waals surface area contributed by atoms with Gasteiger partial charge in [0.15, 0.2) is 0 Å². The fourth-order valence-corrected chi connectivity index (χ4v) is 8.39. The molecule has 4 heterocycles. The first-order valence-corrected chi connectivity index (χ1v) is 17.8. The van der Waals surface area contributed by atoms with Gasteiger partial charge in [0.1, 0.15) is 22.3 Å². The van der Waals surface area contributed by atoms with Crippen molar-refractivity contribution in [1.82, 2.24) is 14.5 Å².